The van der Waals surface area contributed by atoms with Crippen LogP contribution in [0.1, 0.15) is 39.5 Å². The molecular weight excluding hydrogens is 232 g/mol. The lowest BCUT2D eigenvalue weighted by atomic mass is 10.0. The predicted molar refractivity (Wildman–Crippen MR) is 73.0 cm³/mol. The van der Waals surface area contributed by atoms with Crippen LogP contribution in [0.2, 0.25) is 0 Å². The molecule has 3 unspecified atom stereocenters. The highest BCUT2D eigenvalue weighted by molar-refractivity contribution is 7.99. The Labute approximate surface area is 109 Å². The number of carbonyl (C=O) groups is 1. The first-order valence-electron chi connectivity index (χ1n) is 6.68. The van der Waals surface area contributed by atoms with Crippen molar-refractivity contribution in [3.8, 4) is 0 Å². The molecule has 1 N–H and O–H groups in total. The summed E-state index contributed by atoms with van der Waals surface area (Å²) in [5.41, 5.74) is 0. The number of thioether (sulfide) groups is 1. The number of hydrogen-bond acceptors (Lipinski definition) is 3. The first-order chi connectivity index (χ1) is 8.11. The number of nitrogens with one attached hydrogen (secondary N) is 1. The molecule has 2 rings (SSSR count). The number of rotatable bonds is 4. The normalized spacial score (nSPS) is 34.0. The van der Waals surface area contributed by atoms with Gasteiger partial charge in [-0.05, 0) is 37.9 Å². The third kappa shape index (κ3) is 2.97. The highest BCUT2D eigenvalue weighted by atomic mass is 32.2. The fourth-order valence-electron chi connectivity index (χ4n) is 2.95. The number of carbonyl (C=O) groups excluding carboxylic acids is 1. The van der Waals surface area contributed by atoms with Crippen molar-refractivity contribution in [3.63, 3.8) is 0 Å². The third-order valence-electron chi connectivity index (χ3n) is 3.93. The van der Waals surface area contributed by atoms with E-state index in [1.807, 2.05) is 11.8 Å². The van der Waals surface area contributed by atoms with Gasteiger partial charge in [0.05, 0.1) is 12.7 Å². The smallest absolute Gasteiger partial charge is 0.241 e. The Morgan fingerprint density at radius 1 is 1.47 bits per heavy atom. The summed E-state index contributed by atoms with van der Waals surface area (Å²) in [6.45, 7) is 5.12. The molecule has 3 nitrogen and oxygen atoms in total. The molecule has 1 saturated heterocycles. The summed E-state index contributed by atoms with van der Waals surface area (Å²) >= 11 is 1.95. The molecule has 4 heteroatoms. The second-order valence-corrected chi connectivity index (χ2v) is 6.82. The van der Waals surface area contributed by atoms with Crippen molar-refractivity contribution in [1.29, 1.82) is 0 Å². The van der Waals surface area contributed by atoms with Gasteiger partial charge in [0.1, 0.15) is 0 Å². The summed E-state index contributed by atoms with van der Waals surface area (Å²) in [6.07, 6.45) is 6.79. The van der Waals surface area contributed by atoms with Gasteiger partial charge in [-0.25, -0.2) is 0 Å². The molecule has 3 atom stereocenters. The molecule has 1 amide bonds. The average molecular weight is 256 g/mol. The van der Waals surface area contributed by atoms with E-state index in [4.69, 9.17) is 0 Å². The summed E-state index contributed by atoms with van der Waals surface area (Å²) in [6, 6.07) is 0.563. The lowest BCUT2D eigenvalue weighted by Gasteiger charge is -2.23. The largest absolute Gasteiger partial charge is 0.326 e. The molecule has 0 bridgehead atoms. The van der Waals surface area contributed by atoms with Crippen LogP contribution < -0.4 is 5.32 Å². The summed E-state index contributed by atoms with van der Waals surface area (Å²) in [5, 5.41) is 4.13. The van der Waals surface area contributed by atoms with E-state index < -0.39 is 0 Å². The average Bonchev–Trinajstić information content (AvgIpc) is 2.86. The molecule has 2 fully saturated rings. The van der Waals surface area contributed by atoms with E-state index in [0.29, 0.717) is 17.9 Å². The Morgan fingerprint density at radius 3 is 2.82 bits per heavy atom. The molecule has 1 aliphatic carbocycles. The second-order valence-electron chi connectivity index (χ2n) is 5.68. The first-order valence-corrected chi connectivity index (χ1v) is 7.97. The molecule has 2 aliphatic rings. The minimum Gasteiger partial charge on any atom is -0.326 e. The highest BCUT2D eigenvalue weighted by Crippen LogP contribution is 2.32. The molecule has 1 aliphatic heterocycles. The van der Waals surface area contributed by atoms with Crippen LogP contribution in [-0.2, 0) is 4.79 Å². The van der Waals surface area contributed by atoms with Gasteiger partial charge in [0.25, 0.3) is 0 Å². The van der Waals surface area contributed by atoms with E-state index in [2.05, 4.69) is 30.3 Å². The SMILES string of the molecule is CSC1CCC(N2CNC(CC(C)C)C2=O)C1. The Bertz CT molecular complexity index is 283. The van der Waals surface area contributed by atoms with Gasteiger partial charge in [0.15, 0.2) is 0 Å². The van der Waals surface area contributed by atoms with Crippen LogP contribution in [-0.4, -0.2) is 41.1 Å². The van der Waals surface area contributed by atoms with Crippen molar-refractivity contribution in [1.82, 2.24) is 10.2 Å². The van der Waals surface area contributed by atoms with Crippen molar-refractivity contribution in [2.75, 3.05) is 12.9 Å². The van der Waals surface area contributed by atoms with Crippen molar-refractivity contribution < 1.29 is 4.79 Å². The molecule has 0 spiro atoms. The van der Waals surface area contributed by atoms with Gasteiger partial charge in [-0.15, -0.1) is 0 Å². The molecule has 0 aromatic heterocycles. The standard InChI is InChI=1S/C13H24N2OS/c1-9(2)6-12-13(16)15(8-14-12)10-4-5-11(7-10)17-3/h9-12,14H,4-8H2,1-3H3. The molecule has 17 heavy (non-hydrogen) atoms. The molecule has 98 valence electrons. The van der Waals surface area contributed by atoms with Crippen LogP contribution in [0.5, 0.6) is 0 Å². The summed E-state index contributed by atoms with van der Waals surface area (Å²) < 4.78 is 0. The Hall–Kier alpha value is -0.220. The van der Waals surface area contributed by atoms with Crippen molar-refractivity contribution >= 4 is 17.7 Å². The molecule has 0 aromatic rings. The number of hydrogen-bond donors (Lipinski definition) is 1. The lowest BCUT2D eigenvalue weighted by molar-refractivity contribution is -0.131. The van der Waals surface area contributed by atoms with Crippen molar-refractivity contribution in [2.24, 2.45) is 5.92 Å². The maximum absolute atomic E-state index is 12.3. The minimum absolute atomic E-state index is 0.0725. The minimum atomic E-state index is 0.0725. The lowest BCUT2D eigenvalue weighted by Crippen LogP contribution is -2.37. The second kappa shape index (κ2) is 5.61. The Kier molecular flexibility index (Phi) is 4.36. The van der Waals surface area contributed by atoms with Crippen LogP contribution in [0, 0.1) is 5.92 Å². The molecular formula is C13H24N2OS. The third-order valence-corrected chi connectivity index (χ3v) is 5.02. The molecule has 1 heterocycles. The van der Waals surface area contributed by atoms with Gasteiger partial charge < -0.3 is 4.90 Å². The van der Waals surface area contributed by atoms with Gasteiger partial charge in [-0.3, -0.25) is 10.1 Å². The fourth-order valence-corrected chi connectivity index (χ4v) is 3.74. The van der Waals surface area contributed by atoms with Gasteiger partial charge >= 0.3 is 0 Å². The van der Waals surface area contributed by atoms with E-state index in [0.717, 1.165) is 18.3 Å². The highest BCUT2D eigenvalue weighted by Gasteiger charge is 2.38. The zero-order valence-corrected chi connectivity index (χ0v) is 11.9. The zero-order valence-electron chi connectivity index (χ0n) is 11.1. The Balaban J connectivity index is 1.89. The molecule has 0 aromatic carbocycles. The van der Waals surface area contributed by atoms with Crippen LogP contribution in [0.25, 0.3) is 0 Å². The van der Waals surface area contributed by atoms with Crippen LogP contribution in [0.15, 0.2) is 0 Å². The summed E-state index contributed by atoms with van der Waals surface area (Å²) in [7, 11) is 0. The number of amides is 1. The molecule has 1 saturated carbocycles. The quantitative estimate of drug-likeness (QED) is 0.836. The van der Waals surface area contributed by atoms with Gasteiger partial charge in [-0.2, -0.15) is 11.8 Å². The first kappa shape index (κ1) is 13.2. The maximum Gasteiger partial charge on any atom is 0.241 e. The van der Waals surface area contributed by atoms with Crippen LogP contribution in [0.4, 0.5) is 0 Å². The van der Waals surface area contributed by atoms with Gasteiger partial charge in [-0.1, -0.05) is 13.8 Å². The van der Waals surface area contributed by atoms with E-state index in [9.17, 15) is 4.79 Å². The van der Waals surface area contributed by atoms with Crippen LogP contribution >= 0.6 is 11.8 Å². The van der Waals surface area contributed by atoms with Crippen molar-refractivity contribution in [3.05, 3.63) is 0 Å². The fraction of sp³-hybridized carbons (Fsp3) is 0.923. The van der Waals surface area contributed by atoms with E-state index >= 15 is 0 Å². The topological polar surface area (TPSA) is 32.3 Å². The van der Waals surface area contributed by atoms with Gasteiger partial charge in [0.2, 0.25) is 5.91 Å². The van der Waals surface area contributed by atoms with Gasteiger partial charge in [0, 0.05) is 11.3 Å². The summed E-state index contributed by atoms with van der Waals surface area (Å²) in [5.74, 6) is 0.921. The van der Waals surface area contributed by atoms with E-state index in [1.165, 1.54) is 19.3 Å². The van der Waals surface area contributed by atoms with Crippen LogP contribution in [0.3, 0.4) is 0 Å². The Morgan fingerprint density at radius 2 is 2.24 bits per heavy atom. The summed E-state index contributed by atoms with van der Waals surface area (Å²) in [4.78, 5) is 14.4. The maximum atomic E-state index is 12.3. The van der Waals surface area contributed by atoms with Crippen molar-refractivity contribution in [2.45, 2.75) is 56.9 Å². The predicted octanol–water partition coefficient (Wildman–Crippen LogP) is 2.07. The number of nitrogens with zero attached hydrogens (tertiary/aromatic N) is 1. The molecule has 0 radical (unpaired) electrons. The monoisotopic (exact) mass is 256 g/mol. The van der Waals surface area contributed by atoms with E-state index in [1.54, 1.807) is 0 Å². The zero-order chi connectivity index (χ0) is 12.4. The van der Waals surface area contributed by atoms with E-state index in [-0.39, 0.29) is 6.04 Å².